The van der Waals surface area contributed by atoms with Crippen LogP contribution in [0, 0.1) is 13.8 Å². The minimum atomic E-state index is -0.628. The number of carbonyl (C=O) groups is 1. The maximum atomic E-state index is 12.5. The van der Waals surface area contributed by atoms with Gasteiger partial charge in [-0.05, 0) is 57.0 Å². The highest BCUT2D eigenvalue weighted by atomic mass is 35.5. The zero-order valence-electron chi connectivity index (χ0n) is 15.2. The predicted octanol–water partition coefficient (Wildman–Crippen LogP) is 4.61. The number of rotatable bonds is 6. The van der Waals surface area contributed by atoms with Gasteiger partial charge in [-0.25, -0.2) is 0 Å². The molecular weight excluding hydrogens is 338 g/mol. The number of ether oxygens (including phenoxy) is 2. The number of nitrogens with one attached hydrogen (secondary N) is 1. The maximum absolute atomic E-state index is 12.5. The highest BCUT2D eigenvalue weighted by molar-refractivity contribution is 6.32. The first kappa shape index (κ1) is 19.1. The number of aryl methyl sites for hydroxylation is 2. The molecule has 0 saturated heterocycles. The Morgan fingerprint density at radius 3 is 2.32 bits per heavy atom. The Labute approximate surface area is 154 Å². The molecule has 1 N–H and O–H groups in total. The number of hydrogen-bond donors (Lipinski definition) is 1. The first-order chi connectivity index (χ1) is 11.8. The molecule has 2 unspecified atom stereocenters. The maximum Gasteiger partial charge on any atom is 0.261 e. The molecule has 0 aromatic heterocycles. The molecule has 0 spiro atoms. The van der Waals surface area contributed by atoms with E-state index in [2.05, 4.69) is 5.32 Å². The average Bonchev–Trinajstić information content (AvgIpc) is 2.59. The molecule has 5 heteroatoms. The van der Waals surface area contributed by atoms with Crippen LogP contribution in [0.1, 0.15) is 36.6 Å². The molecule has 2 rings (SSSR count). The van der Waals surface area contributed by atoms with Crippen molar-refractivity contribution in [2.75, 3.05) is 7.11 Å². The van der Waals surface area contributed by atoms with Gasteiger partial charge in [-0.3, -0.25) is 4.79 Å². The fourth-order valence-corrected chi connectivity index (χ4v) is 2.77. The van der Waals surface area contributed by atoms with Crippen LogP contribution in [0.2, 0.25) is 5.02 Å². The van der Waals surface area contributed by atoms with Crippen LogP contribution in [0.4, 0.5) is 0 Å². The Morgan fingerprint density at radius 2 is 1.72 bits per heavy atom. The van der Waals surface area contributed by atoms with Gasteiger partial charge in [0.05, 0.1) is 13.2 Å². The summed E-state index contributed by atoms with van der Waals surface area (Å²) in [5.74, 6) is 1.18. The van der Waals surface area contributed by atoms with E-state index in [4.69, 9.17) is 21.1 Å². The van der Waals surface area contributed by atoms with Crippen LogP contribution in [0.25, 0.3) is 0 Å². The predicted molar refractivity (Wildman–Crippen MR) is 101 cm³/mol. The third-order valence-electron chi connectivity index (χ3n) is 4.06. The summed E-state index contributed by atoms with van der Waals surface area (Å²) in [6.45, 7) is 7.47. The van der Waals surface area contributed by atoms with Gasteiger partial charge in [-0.15, -0.1) is 0 Å². The van der Waals surface area contributed by atoms with Gasteiger partial charge in [0, 0.05) is 10.6 Å². The standard InChI is InChI=1S/C20H24ClNO3/c1-12-10-16(11-13(2)19(12)21)25-15(4)20(23)22-14(3)17-8-6-7-9-18(17)24-5/h6-11,14-15H,1-5H3,(H,22,23). The van der Waals surface area contributed by atoms with Gasteiger partial charge in [0.2, 0.25) is 0 Å². The zero-order chi connectivity index (χ0) is 18.6. The fourth-order valence-electron chi connectivity index (χ4n) is 2.66. The normalized spacial score (nSPS) is 13.0. The number of benzene rings is 2. The summed E-state index contributed by atoms with van der Waals surface area (Å²) in [4.78, 5) is 12.5. The van der Waals surface area contributed by atoms with E-state index in [0.717, 1.165) is 22.4 Å². The van der Waals surface area contributed by atoms with Crippen LogP contribution in [0.5, 0.6) is 11.5 Å². The van der Waals surface area contributed by atoms with E-state index in [-0.39, 0.29) is 11.9 Å². The van der Waals surface area contributed by atoms with Gasteiger partial charge in [0.25, 0.3) is 5.91 Å². The average molecular weight is 362 g/mol. The molecule has 2 aromatic carbocycles. The van der Waals surface area contributed by atoms with E-state index >= 15 is 0 Å². The van der Waals surface area contributed by atoms with Crippen LogP contribution in [0.15, 0.2) is 36.4 Å². The Kier molecular flexibility index (Phi) is 6.32. The van der Waals surface area contributed by atoms with Crippen molar-refractivity contribution in [1.29, 1.82) is 0 Å². The van der Waals surface area contributed by atoms with Crippen molar-refractivity contribution in [1.82, 2.24) is 5.32 Å². The van der Waals surface area contributed by atoms with E-state index in [0.29, 0.717) is 10.8 Å². The van der Waals surface area contributed by atoms with Gasteiger partial charge >= 0.3 is 0 Å². The highest BCUT2D eigenvalue weighted by Gasteiger charge is 2.20. The van der Waals surface area contributed by atoms with Gasteiger partial charge in [-0.2, -0.15) is 0 Å². The van der Waals surface area contributed by atoms with Crippen LogP contribution >= 0.6 is 11.6 Å². The second kappa shape index (κ2) is 8.26. The fraction of sp³-hybridized carbons (Fsp3) is 0.350. The summed E-state index contributed by atoms with van der Waals surface area (Å²) >= 11 is 6.17. The van der Waals surface area contributed by atoms with Crippen LogP contribution in [-0.2, 0) is 4.79 Å². The lowest BCUT2D eigenvalue weighted by molar-refractivity contribution is -0.127. The Balaban J connectivity index is 2.05. The van der Waals surface area contributed by atoms with E-state index in [9.17, 15) is 4.79 Å². The molecule has 4 nitrogen and oxygen atoms in total. The summed E-state index contributed by atoms with van der Waals surface area (Å²) in [6.07, 6.45) is -0.628. The molecule has 134 valence electrons. The van der Waals surface area contributed by atoms with Crippen molar-refractivity contribution in [3.8, 4) is 11.5 Å². The molecule has 0 aliphatic heterocycles. The van der Waals surface area contributed by atoms with Gasteiger partial charge in [0.15, 0.2) is 6.10 Å². The van der Waals surface area contributed by atoms with Crippen LogP contribution < -0.4 is 14.8 Å². The van der Waals surface area contributed by atoms with E-state index in [1.165, 1.54) is 0 Å². The number of methoxy groups -OCH3 is 1. The van der Waals surface area contributed by atoms with Gasteiger partial charge < -0.3 is 14.8 Å². The lowest BCUT2D eigenvalue weighted by Crippen LogP contribution is -2.37. The molecule has 0 bridgehead atoms. The van der Waals surface area contributed by atoms with E-state index in [1.54, 1.807) is 14.0 Å². The molecular formula is C20H24ClNO3. The number of halogens is 1. The Morgan fingerprint density at radius 1 is 1.12 bits per heavy atom. The third kappa shape index (κ3) is 4.67. The molecule has 2 atom stereocenters. The summed E-state index contributed by atoms with van der Waals surface area (Å²) in [5.41, 5.74) is 2.77. The molecule has 2 aromatic rings. The monoisotopic (exact) mass is 361 g/mol. The quantitative estimate of drug-likeness (QED) is 0.817. The zero-order valence-corrected chi connectivity index (χ0v) is 16.0. The van der Waals surface area contributed by atoms with Gasteiger partial charge in [0.1, 0.15) is 11.5 Å². The van der Waals surface area contributed by atoms with Crippen molar-refractivity contribution >= 4 is 17.5 Å². The van der Waals surface area contributed by atoms with Crippen molar-refractivity contribution in [2.45, 2.75) is 39.8 Å². The SMILES string of the molecule is COc1ccccc1C(C)NC(=O)C(C)Oc1cc(C)c(Cl)c(C)c1. The van der Waals surface area contributed by atoms with Crippen molar-refractivity contribution in [3.05, 3.63) is 58.1 Å². The summed E-state index contributed by atoms with van der Waals surface area (Å²) in [6, 6.07) is 11.1. The van der Waals surface area contributed by atoms with E-state index in [1.807, 2.05) is 57.2 Å². The molecule has 1 amide bonds. The van der Waals surface area contributed by atoms with Crippen molar-refractivity contribution in [3.63, 3.8) is 0 Å². The minimum absolute atomic E-state index is 0.191. The topological polar surface area (TPSA) is 47.6 Å². The van der Waals surface area contributed by atoms with Crippen molar-refractivity contribution < 1.29 is 14.3 Å². The van der Waals surface area contributed by atoms with Gasteiger partial charge in [-0.1, -0.05) is 29.8 Å². The first-order valence-corrected chi connectivity index (χ1v) is 8.58. The molecule has 0 saturated carbocycles. The molecule has 0 aliphatic rings. The van der Waals surface area contributed by atoms with Crippen LogP contribution in [0.3, 0.4) is 0 Å². The first-order valence-electron chi connectivity index (χ1n) is 8.20. The second-order valence-corrected chi connectivity index (χ2v) is 6.48. The molecule has 0 aliphatic carbocycles. The Bertz CT molecular complexity index is 737. The minimum Gasteiger partial charge on any atom is -0.496 e. The highest BCUT2D eigenvalue weighted by Crippen LogP contribution is 2.27. The Hall–Kier alpha value is -2.20. The largest absolute Gasteiger partial charge is 0.496 e. The summed E-state index contributed by atoms with van der Waals surface area (Å²) in [7, 11) is 1.62. The van der Waals surface area contributed by atoms with E-state index < -0.39 is 6.10 Å². The summed E-state index contributed by atoms with van der Waals surface area (Å²) in [5, 5.41) is 3.68. The smallest absolute Gasteiger partial charge is 0.261 e. The number of para-hydroxylation sites is 1. The molecule has 25 heavy (non-hydrogen) atoms. The van der Waals surface area contributed by atoms with Crippen LogP contribution in [-0.4, -0.2) is 19.1 Å². The number of hydrogen-bond acceptors (Lipinski definition) is 3. The third-order valence-corrected chi connectivity index (χ3v) is 4.65. The second-order valence-electron chi connectivity index (χ2n) is 6.10. The lowest BCUT2D eigenvalue weighted by atomic mass is 10.1. The number of carbonyl (C=O) groups excluding carboxylic acids is 1. The number of amides is 1. The molecule has 0 radical (unpaired) electrons. The summed E-state index contributed by atoms with van der Waals surface area (Å²) < 4.78 is 11.1. The molecule has 0 heterocycles. The lowest BCUT2D eigenvalue weighted by Gasteiger charge is -2.21. The van der Waals surface area contributed by atoms with Crippen molar-refractivity contribution in [2.24, 2.45) is 0 Å². The molecule has 0 fully saturated rings.